The number of ketones is 1. The van der Waals surface area contributed by atoms with E-state index < -0.39 is 0 Å². The predicted octanol–water partition coefficient (Wildman–Crippen LogP) is 3.24. The lowest BCUT2D eigenvalue weighted by atomic mass is 10.1. The molecule has 136 valence electrons. The quantitative estimate of drug-likeness (QED) is 0.487. The number of pyridine rings is 1. The summed E-state index contributed by atoms with van der Waals surface area (Å²) in [6, 6.07) is 10.8. The Kier molecular flexibility index (Phi) is 3.61. The van der Waals surface area contributed by atoms with Crippen LogP contribution in [0.4, 0.5) is 0 Å². The first-order chi connectivity index (χ1) is 13.7. The van der Waals surface area contributed by atoms with E-state index in [-0.39, 0.29) is 17.6 Å². The van der Waals surface area contributed by atoms with Crippen molar-refractivity contribution in [2.24, 2.45) is 7.05 Å². The third-order valence-corrected chi connectivity index (χ3v) is 4.45. The standard InChI is InChI=1S/C20H14N6O2/c1-26-11-14(9-23-26)13-7-15-16(10-22-18(15)21-8-13)19-24-25-20(28-19)17(27)12-5-3-2-4-6-12/h2-11H,1H3,(H,21,22). The number of H-pyrrole nitrogens is 1. The Balaban J connectivity index is 1.55. The van der Waals surface area contributed by atoms with Crippen molar-refractivity contribution in [1.82, 2.24) is 29.9 Å². The van der Waals surface area contributed by atoms with E-state index in [1.165, 1.54) is 0 Å². The van der Waals surface area contributed by atoms with Gasteiger partial charge in [0, 0.05) is 47.7 Å². The largest absolute Gasteiger partial charge is 0.413 e. The van der Waals surface area contributed by atoms with Crippen LogP contribution in [0.5, 0.6) is 0 Å². The normalized spacial score (nSPS) is 11.2. The molecule has 0 unspecified atom stereocenters. The molecule has 1 N–H and O–H groups in total. The van der Waals surface area contributed by atoms with Gasteiger partial charge in [0.15, 0.2) is 0 Å². The average Bonchev–Trinajstić information content (AvgIpc) is 3.46. The first-order valence-corrected chi connectivity index (χ1v) is 8.59. The fourth-order valence-corrected chi connectivity index (χ4v) is 3.05. The van der Waals surface area contributed by atoms with Gasteiger partial charge in [0.25, 0.3) is 11.8 Å². The summed E-state index contributed by atoms with van der Waals surface area (Å²) in [5, 5.41) is 13.0. The number of aromatic nitrogens is 6. The van der Waals surface area contributed by atoms with E-state index in [2.05, 4.69) is 25.3 Å². The van der Waals surface area contributed by atoms with Crippen LogP contribution in [-0.2, 0) is 7.05 Å². The number of hydrogen-bond donors (Lipinski definition) is 1. The lowest BCUT2D eigenvalue weighted by molar-refractivity contribution is 0.100. The van der Waals surface area contributed by atoms with Gasteiger partial charge in [-0.15, -0.1) is 10.2 Å². The summed E-state index contributed by atoms with van der Waals surface area (Å²) >= 11 is 0. The van der Waals surface area contributed by atoms with Crippen molar-refractivity contribution in [1.29, 1.82) is 0 Å². The first kappa shape index (κ1) is 16.1. The zero-order valence-corrected chi connectivity index (χ0v) is 14.8. The van der Waals surface area contributed by atoms with Crippen LogP contribution in [0.25, 0.3) is 33.6 Å². The third kappa shape index (κ3) is 2.67. The first-order valence-electron chi connectivity index (χ1n) is 8.59. The average molecular weight is 370 g/mol. The molecule has 0 spiro atoms. The maximum Gasteiger partial charge on any atom is 0.289 e. The van der Waals surface area contributed by atoms with Gasteiger partial charge in [-0.2, -0.15) is 5.10 Å². The highest BCUT2D eigenvalue weighted by Gasteiger charge is 2.20. The molecule has 0 radical (unpaired) electrons. The predicted molar refractivity (Wildman–Crippen MR) is 101 cm³/mol. The minimum atomic E-state index is -0.312. The monoisotopic (exact) mass is 370 g/mol. The molecule has 0 bridgehead atoms. The highest BCUT2D eigenvalue weighted by Crippen LogP contribution is 2.30. The molecule has 4 aromatic heterocycles. The topological polar surface area (TPSA) is 102 Å². The molecular formula is C20H14N6O2. The molecule has 0 aliphatic heterocycles. The van der Waals surface area contributed by atoms with Crippen LogP contribution in [0, 0.1) is 0 Å². The van der Waals surface area contributed by atoms with Gasteiger partial charge in [0.2, 0.25) is 5.78 Å². The van der Waals surface area contributed by atoms with Gasteiger partial charge in [0.05, 0.1) is 11.8 Å². The number of nitrogens with zero attached hydrogens (tertiary/aromatic N) is 5. The van der Waals surface area contributed by atoms with Crippen molar-refractivity contribution >= 4 is 16.8 Å². The van der Waals surface area contributed by atoms with E-state index in [1.807, 2.05) is 25.4 Å². The van der Waals surface area contributed by atoms with Crippen LogP contribution in [-0.4, -0.2) is 35.7 Å². The number of hydrogen-bond acceptors (Lipinski definition) is 6. The minimum Gasteiger partial charge on any atom is -0.413 e. The maximum atomic E-state index is 12.5. The van der Waals surface area contributed by atoms with Crippen molar-refractivity contribution in [3.63, 3.8) is 0 Å². The molecule has 28 heavy (non-hydrogen) atoms. The lowest BCUT2D eigenvalue weighted by Crippen LogP contribution is -2.00. The Bertz CT molecular complexity index is 1300. The zero-order valence-electron chi connectivity index (χ0n) is 14.8. The molecular weight excluding hydrogens is 356 g/mol. The van der Waals surface area contributed by atoms with Crippen molar-refractivity contribution in [3.8, 4) is 22.6 Å². The molecule has 0 aliphatic carbocycles. The Morgan fingerprint density at radius 1 is 1.11 bits per heavy atom. The van der Waals surface area contributed by atoms with Gasteiger partial charge < -0.3 is 9.40 Å². The second kappa shape index (κ2) is 6.27. The molecule has 0 saturated heterocycles. The molecule has 0 saturated carbocycles. The smallest absolute Gasteiger partial charge is 0.289 e. The summed E-state index contributed by atoms with van der Waals surface area (Å²) in [7, 11) is 1.86. The van der Waals surface area contributed by atoms with Crippen molar-refractivity contribution in [3.05, 3.63) is 72.6 Å². The molecule has 5 rings (SSSR count). The van der Waals surface area contributed by atoms with Gasteiger partial charge in [0.1, 0.15) is 5.65 Å². The summed E-state index contributed by atoms with van der Waals surface area (Å²) in [6.45, 7) is 0. The van der Waals surface area contributed by atoms with E-state index in [0.29, 0.717) is 16.8 Å². The van der Waals surface area contributed by atoms with Gasteiger partial charge in [-0.1, -0.05) is 30.3 Å². The SMILES string of the molecule is Cn1cc(-c2cnc3[nH]cc(-c4nnc(C(=O)c5ccccc5)o4)c3c2)cn1. The molecule has 0 fully saturated rings. The lowest BCUT2D eigenvalue weighted by Gasteiger charge is -1.98. The van der Waals surface area contributed by atoms with E-state index in [9.17, 15) is 4.79 Å². The number of carbonyl (C=O) groups is 1. The second-order valence-corrected chi connectivity index (χ2v) is 6.33. The van der Waals surface area contributed by atoms with Gasteiger partial charge in [-0.05, 0) is 6.07 Å². The summed E-state index contributed by atoms with van der Waals surface area (Å²) in [4.78, 5) is 20.1. The van der Waals surface area contributed by atoms with Crippen molar-refractivity contribution in [2.75, 3.05) is 0 Å². The Morgan fingerprint density at radius 3 is 2.75 bits per heavy atom. The zero-order chi connectivity index (χ0) is 19.1. The second-order valence-electron chi connectivity index (χ2n) is 6.33. The number of rotatable bonds is 4. The summed E-state index contributed by atoms with van der Waals surface area (Å²) in [6.07, 6.45) is 7.21. The number of aromatic amines is 1. The minimum absolute atomic E-state index is 0.0491. The maximum absolute atomic E-state index is 12.5. The molecule has 5 aromatic rings. The summed E-state index contributed by atoms with van der Waals surface area (Å²) in [5.74, 6) is -0.101. The highest BCUT2D eigenvalue weighted by atomic mass is 16.4. The van der Waals surface area contributed by atoms with Crippen molar-refractivity contribution < 1.29 is 9.21 Å². The summed E-state index contributed by atoms with van der Waals surface area (Å²) < 4.78 is 7.40. The van der Waals surface area contributed by atoms with Crippen LogP contribution in [0.3, 0.4) is 0 Å². The van der Waals surface area contributed by atoms with Crippen LogP contribution < -0.4 is 0 Å². The van der Waals surface area contributed by atoms with Crippen molar-refractivity contribution in [2.45, 2.75) is 0 Å². The van der Waals surface area contributed by atoms with Crippen LogP contribution >= 0.6 is 0 Å². The van der Waals surface area contributed by atoms with Gasteiger partial charge >= 0.3 is 0 Å². The van der Waals surface area contributed by atoms with E-state index >= 15 is 0 Å². The van der Waals surface area contributed by atoms with E-state index in [4.69, 9.17) is 4.42 Å². The fourth-order valence-electron chi connectivity index (χ4n) is 3.05. The molecule has 0 aliphatic rings. The molecule has 8 nitrogen and oxygen atoms in total. The third-order valence-electron chi connectivity index (χ3n) is 4.45. The number of carbonyl (C=O) groups excluding carboxylic acids is 1. The highest BCUT2D eigenvalue weighted by molar-refractivity contribution is 6.06. The Hall–Kier alpha value is -4.07. The summed E-state index contributed by atoms with van der Waals surface area (Å²) in [5.41, 5.74) is 3.75. The van der Waals surface area contributed by atoms with Crippen LogP contribution in [0.2, 0.25) is 0 Å². The number of benzene rings is 1. The van der Waals surface area contributed by atoms with E-state index in [1.54, 1.807) is 47.5 Å². The van der Waals surface area contributed by atoms with Crippen LogP contribution in [0.15, 0.2) is 65.6 Å². The molecule has 8 heteroatoms. The van der Waals surface area contributed by atoms with E-state index in [0.717, 1.165) is 16.5 Å². The van der Waals surface area contributed by atoms with Gasteiger partial charge in [-0.3, -0.25) is 9.48 Å². The Labute approximate surface area is 158 Å². The van der Waals surface area contributed by atoms with Crippen LogP contribution in [0.1, 0.15) is 16.2 Å². The number of nitrogens with one attached hydrogen (secondary N) is 1. The molecule has 4 heterocycles. The fraction of sp³-hybridized carbons (Fsp3) is 0.0500. The molecule has 0 atom stereocenters. The molecule has 0 amide bonds. The number of aryl methyl sites for hydroxylation is 1. The molecule has 1 aromatic carbocycles. The Morgan fingerprint density at radius 2 is 1.96 bits per heavy atom. The number of fused-ring (bicyclic) bond motifs is 1. The van der Waals surface area contributed by atoms with Gasteiger partial charge in [-0.25, -0.2) is 4.98 Å².